The van der Waals surface area contributed by atoms with Gasteiger partial charge >= 0.3 is 0 Å². The first-order chi connectivity index (χ1) is 10.1. The van der Waals surface area contributed by atoms with Gasteiger partial charge in [-0.3, -0.25) is 0 Å². The second-order valence-electron chi connectivity index (χ2n) is 5.44. The second-order valence-corrected chi connectivity index (χ2v) is 6.61. The zero-order chi connectivity index (χ0) is 14.8. The lowest BCUT2D eigenvalue weighted by Crippen LogP contribution is -2.15. The summed E-state index contributed by atoms with van der Waals surface area (Å²) in [7, 11) is 0. The molecule has 1 aromatic heterocycles. The van der Waals surface area contributed by atoms with Crippen LogP contribution in [0, 0.1) is 11.6 Å². The Morgan fingerprint density at radius 3 is 2.57 bits per heavy atom. The molecule has 1 N–H and O–H groups in total. The average Bonchev–Trinajstić information content (AvgIpc) is 3.17. The van der Waals surface area contributed by atoms with Crippen LogP contribution in [0.4, 0.5) is 8.78 Å². The quantitative estimate of drug-likeness (QED) is 0.877. The Balaban J connectivity index is 1.74. The minimum absolute atomic E-state index is 0.482. The van der Waals surface area contributed by atoms with E-state index < -0.39 is 11.6 Å². The number of aromatic nitrogens is 1. The predicted octanol–water partition coefficient (Wildman–Crippen LogP) is 3.83. The lowest BCUT2D eigenvalue weighted by molar-refractivity contribution is 0.580. The highest BCUT2D eigenvalue weighted by atomic mass is 32.1. The highest BCUT2D eigenvalue weighted by Crippen LogP contribution is 2.25. The summed E-state index contributed by atoms with van der Waals surface area (Å²) in [5.41, 5.74) is 1.73. The van der Waals surface area contributed by atoms with Gasteiger partial charge in [0.15, 0.2) is 0 Å². The van der Waals surface area contributed by atoms with Gasteiger partial charge in [-0.25, -0.2) is 13.8 Å². The number of nitrogens with zero attached hydrogens (tertiary/aromatic N) is 1. The van der Waals surface area contributed by atoms with Crippen LogP contribution in [0.15, 0.2) is 18.2 Å². The van der Waals surface area contributed by atoms with Crippen molar-refractivity contribution in [1.29, 1.82) is 0 Å². The zero-order valence-electron chi connectivity index (χ0n) is 12.0. The smallest absolute Gasteiger partial charge is 0.126 e. The largest absolute Gasteiger partial charge is 0.309 e. The number of thiazole rings is 1. The van der Waals surface area contributed by atoms with E-state index in [1.165, 1.54) is 29.9 Å². The standard InChI is InChI=1S/C16H18F2N2S/c1-2-14-15(9-19-13-3-4-13)21-16(20-14)7-10-5-11(17)8-12(18)6-10/h5-6,8,13,19H,2-4,7,9H2,1H3. The van der Waals surface area contributed by atoms with Gasteiger partial charge in [0.1, 0.15) is 11.6 Å². The normalized spacial score (nSPS) is 14.6. The van der Waals surface area contributed by atoms with E-state index in [0.29, 0.717) is 18.0 Å². The van der Waals surface area contributed by atoms with Crippen molar-refractivity contribution in [3.05, 3.63) is 51.0 Å². The zero-order valence-corrected chi connectivity index (χ0v) is 12.8. The molecule has 0 bridgehead atoms. The first kappa shape index (κ1) is 14.6. The molecular formula is C16H18F2N2S. The molecule has 3 rings (SSSR count). The highest BCUT2D eigenvalue weighted by Gasteiger charge is 2.21. The number of aryl methyl sites for hydroxylation is 1. The fourth-order valence-electron chi connectivity index (χ4n) is 2.34. The molecule has 1 aliphatic rings. The molecule has 1 aromatic carbocycles. The number of benzene rings is 1. The summed E-state index contributed by atoms with van der Waals surface area (Å²) in [6.07, 6.45) is 3.89. The van der Waals surface area contributed by atoms with E-state index in [0.717, 1.165) is 29.7 Å². The van der Waals surface area contributed by atoms with E-state index in [9.17, 15) is 8.78 Å². The number of hydrogen-bond acceptors (Lipinski definition) is 3. The SMILES string of the molecule is CCc1nc(Cc2cc(F)cc(F)c2)sc1CNC1CC1. The van der Waals surface area contributed by atoms with Crippen LogP contribution in [0.5, 0.6) is 0 Å². The Hall–Kier alpha value is -1.33. The summed E-state index contributed by atoms with van der Waals surface area (Å²) < 4.78 is 26.5. The Morgan fingerprint density at radius 2 is 1.95 bits per heavy atom. The minimum atomic E-state index is -0.534. The van der Waals surface area contributed by atoms with E-state index in [-0.39, 0.29) is 0 Å². The van der Waals surface area contributed by atoms with Crippen molar-refractivity contribution in [3.8, 4) is 0 Å². The second kappa shape index (κ2) is 6.20. The van der Waals surface area contributed by atoms with Gasteiger partial charge in [-0.15, -0.1) is 11.3 Å². The summed E-state index contributed by atoms with van der Waals surface area (Å²) in [5, 5.41) is 4.41. The van der Waals surface area contributed by atoms with Crippen LogP contribution in [0.25, 0.3) is 0 Å². The van der Waals surface area contributed by atoms with Gasteiger partial charge in [0.25, 0.3) is 0 Å². The molecule has 0 amide bonds. The molecular weight excluding hydrogens is 290 g/mol. The molecule has 0 radical (unpaired) electrons. The molecule has 0 aliphatic heterocycles. The Labute approximate surface area is 127 Å². The lowest BCUT2D eigenvalue weighted by Gasteiger charge is -2.00. The third kappa shape index (κ3) is 3.86. The molecule has 1 aliphatic carbocycles. The summed E-state index contributed by atoms with van der Waals surface area (Å²) in [4.78, 5) is 5.86. The predicted molar refractivity (Wildman–Crippen MR) is 80.5 cm³/mol. The van der Waals surface area contributed by atoms with Crippen LogP contribution < -0.4 is 5.32 Å². The van der Waals surface area contributed by atoms with Crippen LogP contribution >= 0.6 is 11.3 Å². The summed E-state index contributed by atoms with van der Waals surface area (Å²) >= 11 is 1.64. The number of nitrogens with one attached hydrogen (secondary N) is 1. The van der Waals surface area contributed by atoms with Crippen molar-refractivity contribution in [3.63, 3.8) is 0 Å². The molecule has 1 saturated carbocycles. The van der Waals surface area contributed by atoms with E-state index in [2.05, 4.69) is 17.2 Å². The Morgan fingerprint density at radius 1 is 1.24 bits per heavy atom. The van der Waals surface area contributed by atoms with Crippen molar-refractivity contribution < 1.29 is 8.78 Å². The maximum atomic E-state index is 13.2. The van der Waals surface area contributed by atoms with Gasteiger partial charge in [0.05, 0.1) is 10.7 Å². The van der Waals surface area contributed by atoms with E-state index in [4.69, 9.17) is 0 Å². The maximum Gasteiger partial charge on any atom is 0.126 e. The van der Waals surface area contributed by atoms with Crippen molar-refractivity contribution in [1.82, 2.24) is 10.3 Å². The van der Waals surface area contributed by atoms with Crippen LogP contribution in [0.1, 0.15) is 40.9 Å². The molecule has 0 spiro atoms. The molecule has 5 heteroatoms. The molecule has 0 saturated heterocycles. The monoisotopic (exact) mass is 308 g/mol. The van der Waals surface area contributed by atoms with E-state index in [1.54, 1.807) is 11.3 Å². The fourth-order valence-corrected chi connectivity index (χ4v) is 3.48. The van der Waals surface area contributed by atoms with E-state index in [1.807, 2.05) is 0 Å². The van der Waals surface area contributed by atoms with Gasteiger partial charge < -0.3 is 5.32 Å². The van der Waals surface area contributed by atoms with Crippen LogP contribution in [0.2, 0.25) is 0 Å². The van der Waals surface area contributed by atoms with Gasteiger partial charge in [-0.1, -0.05) is 6.92 Å². The topological polar surface area (TPSA) is 24.9 Å². The van der Waals surface area contributed by atoms with Crippen molar-refractivity contribution >= 4 is 11.3 Å². The first-order valence-electron chi connectivity index (χ1n) is 7.30. The van der Waals surface area contributed by atoms with Crippen LogP contribution in [-0.2, 0) is 19.4 Å². The van der Waals surface area contributed by atoms with Crippen molar-refractivity contribution in [2.45, 2.75) is 45.2 Å². The number of hydrogen-bond donors (Lipinski definition) is 1. The van der Waals surface area contributed by atoms with Gasteiger partial charge in [0.2, 0.25) is 0 Å². The Kier molecular flexibility index (Phi) is 4.31. The minimum Gasteiger partial charge on any atom is -0.309 e. The molecule has 1 fully saturated rings. The van der Waals surface area contributed by atoms with Gasteiger partial charge in [-0.05, 0) is 37.0 Å². The Bertz CT molecular complexity index is 615. The molecule has 0 unspecified atom stereocenters. The fraction of sp³-hybridized carbons (Fsp3) is 0.438. The molecule has 2 nitrogen and oxygen atoms in total. The molecule has 0 atom stereocenters. The van der Waals surface area contributed by atoms with Crippen LogP contribution in [-0.4, -0.2) is 11.0 Å². The molecule has 2 aromatic rings. The molecule has 112 valence electrons. The van der Waals surface area contributed by atoms with Crippen molar-refractivity contribution in [2.24, 2.45) is 0 Å². The average molecular weight is 308 g/mol. The lowest BCUT2D eigenvalue weighted by atomic mass is 10.1. The third-order valence-corrected chi connectivity index (χ3v) is 4.66. The number of rotatable bonds is 6. The third-order valence-electron chi connectivity index (χ3n) is 3.56. The van der Waals surface area contributed by atoms with Crippen LogP contribution in [0.3, 0.4) is 0 Å². The maximum absolute atomic E-state index is 13.2. The summed E-state index contributed by atoms with van der Waals surface area (Å²) in [5.74, 6) is -1.07. The first-order valence-corrected chi connectivity index (χ1v) is 8.11. The number of halogens is 2. The molecule has 21 heavy (non-hydrogen) atoms. The van der Waals surface area contributed by atoms with E-state index >= 15 is 0 Å². The van der Waals surface area contributed by atoms with Gasteiger partial charge in [0, 0.05) is 30.0 Å². The molecule has 1 heterocycles. The highest BCUT2D eigenvalue weighted by molar-refractivity contribution is 7.11. The van der Waals surface area contributed by atoms with Gasteiger partial charge in [-0.2, -0.15) is 0 Å². The summed E-state index contributed by atoms with van der Waals surface area (Å²) in [6, 6.07) is 4.31. The summed E-state index contributed by atoms with van der Waals surface area (Å²) in [6.45, 7) is 2.93. The van der Waals surface area contributed by atoms with Crippen molar-refractivity contribution in [2.75, 3.05) is 0 Å².